The third-order valence-electron chi connectivity index (χ3n) is 6.76. The van der Waals surface area contributed by atoms with E-state index in [9.17, 15) is 4.79 Å². The van der Waals surface area contributed by atoms with Gasteiger partial charge in [0.2, 0.25) is 0 Å². The largest absolute Gasteiger partial charge is 0.493 e. The Morgan fingerprint density at radius 3 is 2.59 bits per heavy atom. The van der Waals surface area contributed by atoms with Gasteiger partial charge in [-0.1, -0.05) is 24.3 Å². The zero-order valence-corrected chi connectivity index (χ0v) is 17.1. The van der Waals surface area contributed by atoms with E-state index in [0.29, 0.717) is 12.5 Å². The van der Waals surface area contributed by atoms with E-state index in [-0.39, 0.29) is 0 Å². The number of piperazine rings is 1. The molecule has 29 heavy (non-hydrogen) atoms. The van der Waals surface area contributed by atoms with Crippen molar-refractivity contribution < 1.29 is 19.3 Å². The number of amides is 1. The smallest absolute Gasteiger partial charge is 0.278 e. The van der Waals surface area contributed by atoms with Crippen LogP contribution in [0.25, 0.3) is 0 Å². The number of hydrogen-bond donors (Lipinski definition) is 2. The molecule has 0 bridgehead atoms. The van der Waals surface area contributed by atoms with Gasteiger partial charge in [0.25, 0.3) is 5.91 Å². The Morgan fingerprint density at radius 2 is 1.72 bits per heavy atom. The molecule has 0 unspecified atom stereocenters. The van der Waals surface area contributed by atoms with Gasteiger partial charge in [0.15, 0.2) is 6.54 Å². The van der Waals surface area contributed by atoms with E-state index in [4.69, 9.17) is 4.74 Å². The molecule has 1 saturated heterocycles. The molecule has 3 heterocycles. The molecule has 0 saturated carbocycles. The van der Waals surface area contributed by atoms with Crippen LogP contribution in [-0.4, -0.2) is 56.7 Å². The number of carbonyl (C=O) groups is 1. The van der Waals surface area contributed by atoms with Crippen LogP contribution in [0.4, 0.5) is 0 Å². The number of quaternary nitrogens is 2. The van der Waals surface area contributed by atoms with Gasteiger partial charge in [-0.3, -0.25) is 4.79 Å². The Balaban J connectivity index is 1.10. The van der Waals surface area contributed by atoms with Crippen molar-refractivity contribution in [2.75, 3.05) is 45.9 Å². The first-order chi connectivity index (χ1) is 14.2. The van der Waals surface area contributed by atoms with Crippen LogP contribution in [0.15, 0.2) is 42.5 Å². The van der Waals surface area contributed by atoms with Crippen LogP contribution >= 0.6 is 0 Å². The molecule has 5 rings (SSSR count). The number of ether oxygens (including phenoxy) is 1. The van der Waals surface area contributed by atoms with Gasteiger partial charge < -0.3 is 19.4 Å². The molecule has 0 spiro atoms. The van der Waals surface area contributed by atoms with Crippen molar-refractivity contribution in [3.8, 4) is 5.75 Å². The van der Waals surface area contributed by atoms with E-state index < -0.39 is 0 Å². The normalized spacial score (nSPS) is 23.2. The van der Waals surface area contributed by atoms with Gasteiger partial charge in [0.1, 0.15) is 38.5 Å². The summed E-state index contributed by atoms with van der Waals surface area (Å²) in [6.07, 6.45) is 2.03. The summed E-state index contributed by atoms with van der Waals surface area (Å²) in [6.45, 7) is 8.63. The van der Waals surface area contributed by atoms with Crippen LogP contribution < -0.4 is 14.5 Å². The highest BCUT2D eigenvalue weighted by Gasteiger charge is 2.28. The molecule has 1 fully saturated rings. The molecule has 0 radical (unpaired) electrons. The SMILES string of the molecule is O=C(C[NH+]1CC[NH+](Cc2ccc3c(c2)CCO3)CC1)N1CCc2ccccc2C1. The molecule has 0 atom stereocenters. The van der Waals surface area contributed by atoms with Crippen molar-refractivity contribution >= 4 is 5.91 Å². The van der Waals surface area contributed by atoms with Crippen LogP contribution in [0.1, 0.15) is 22.3 Å². The van der Waals surface area contributed by atoms with Crippen LogP contribution in [0, 0.1) is 0 Å². The van der Waals surface area contributed by atoms with Gasteiger partial charge in [0, 0.05) is 25.1 Å². The van der Waals surface area contributed by atoms with Gasteiger partial charge >= 0.3 is 0 Å². The summed E-state index contributed by atoms with van der Waals surface area (Å²) in [6, 6.07) is 15.2. The minimum Gasteiger partial charge on any atom is -0.493 e. The topological polar surface area (TPSA) is 38.4 Å². The van der Waals surface area contributed by atoms with E-state index in [1.165, 1.54) is 27.2 Å². The minimum atomic E-state index is 0.316. The molecule has 3 aliphatic heterocycles. The zero-order valence-electron chi connectivity index (χ0n) is 17.1. The Labute approximate surface area is 172 Å². The summed E-state index contributed by atoms with van der Waals surface area (Å²) in [4.78, 5) is 18.0. The summed E-state index contributed by atoms with van der Waals surface area (Å²) in [5.41, 5.74) is 5.49. The highest BCUT2D eigenvalue weighted by atomic mass is 16.5. The molecule has 3 aliphatic rings. The Kier molecular flexibility index (Phi) is 5.25. The van der Waals surface area contributed by atoms with Crippen LogP contribution in [0.3, 0.4) is 0 Å². The van der Waals surface area contributed by atoms with Crippen molar-refractivity contribution in [1.29, 1.82) is 0 Å². The van der Waals surface area contributed by atoms with Crippen molar-refractivity contribution in [1.82, 2.24) is 4.90 Å². The maximum Gasteiger partial charge on any atom is 0.278 e. The predicted molar refractivity (Wildman–Crippen MR) is 111 cm³/mol. The van der Waals surface area contributed by atoms with Crippen LogP contribution in [0.5, 0.6) is 5.75 Å². The third kappa shape index (κ3) is 4.16. The van der Waals surface area contributed by atoms with E-state index in [1.54, 1.807) is 4.90 Å². The lowest BCUT2D eigenvalue weighted by atomic mass is 10.00. The van der Waals surface area contributed by atoms with Crippen molar-refractivity contribution in [2.24, 2.45) is 0 Å². The lowest BCUT2D eigenvalue weighted by molar-refractivity contribution is -1.02. The molecule has 0 aromatic heterocycles. The lowest BCUT2D eigenvalue weighted by Crippen LogP contribution is -3.28. The van der Waals surface area contributed by atoms with Gasteiger partial charge in [-0.05, 0) is 41.3 Å². The molecule has 5 heteroatoms. The van der Waals surface area contributed by atoms with Gasteiger partial charge in [0.05, 0.1) is 6.61 Å². The first-order valence-electron chi connectivity index (χ1n) is 11.0. The van der Waals surface area contributed by atoms with E-state index in [1.807, 2.05) is 0 Å². The second-order valence-electron chi connectivity index (χ2n) is 8.73. The van der Waals surface area contributed by atoms with Crippen molar-refractivity contribution in [3.63, 3.8) is 0 Å². The highest BCUT2D eigenvalue weighted by molar-refractivity contribution is 5.77. The first kappa shape index (κ1) is 18.6. The summed E-state index contributed by atoms with van der Waals surface area (Å²) in [7, 11) is 0. The second kappa shape index (κ2) is 8.17. The quantitative estimate of drug-likeness (QED) is 0.735. The lowest BCUT2D eigenvalue weighted by Gasteiger charge is -2.32. The average Bonchev–Trinajstić information content (AvgIpc) is 3.23. The Hall–Kier alpha value is -2.37. The first-order valence-corrected chi connectivity index (χ1v) is 11.0. The molecule has 1 amide bonds. The summed E-state index contributed by atoms with van der Waals surface area (Å²) >= 11 is 0. The molecule has 152 valence electrons. The molecule has 2 N–H and O–H groups in total. The number of fused-ring (bicyclic) bond motifs is 2. The number of carbonyl (C=O) groups excluding carboxylic acids is 1. The predicted octanol–water partition coefficient (Wildman–Crippen LogP) is -0.510. The standard InChI is InChI=1S/C24H29N3O2/c28-24(27-9-7-20-3-1-2-4-22(20)17-27)18-26-12-10-25(11-13-26)16-19-5-6-23-21(15-19)8-14-29-23/h1-6,15H,7-14,16-18H2/p+2. The average molecular weight is 394 g/mol. The number of hydrogen-bond acceptors (Lipinski definition) is 2. The fraction of sp³-hybridized carbons (Fsp3) is 0.458. The number of benzene rings is 2. The van der Waals surface area contributed by atoms with Gasteiger partial charge in [-0.25, -0.2) is 0 Å². The summed E-state index contributed by atoms with van der Waals surface area (Å²) in [5.74, 6) is 1.38. The maximum atomic E-state index is 12.8. The number of nitrogens with one attached hydrogen (secondary N) is 2. The summed E-state index contributed by atoms with van der Waals surface area (Å²) < 4.78 is 5.62. The molecular formula is C24H31N3O2+2. The van der Waals surface area contributed by atoms with E-state index >= 15 is 0 Å². The molecule has 0 aliphatic carbocycles. The fourth-order valence-electron chi connectivity index (χ4n) is 4.98. The molecule has 5 nitrogen and oxygen atoms in total. The van der Waals surface area contributed by atoms with Crippen molar-refractivity contribution in [2.45, 2.75) is 25.9 Å². The molecule has 2 aromatic carbocycles. The zero-order chi connectivity index (χ0) is 19.6. The summed E-state index contributed by atoms with van der Waals surface area (Å²) in [5, 5.41) is 0. The van der Waals surface area contributed by atoms with Crippen LogP contribution in [0.2, 0.25) is 0 Å². The van der Waals surface area contributed by atoms with Crippen molar-refractivity contribution in [3.05, 3.63) is 64.7 Å². The minimum absolute atomic E-state index is 0.316. The molecular weight excluding hydrogens is 362 g/mol. The van der Waals surface area contributed by atoms with E-state index in [2.05, 4.69) is 47.4 Å². The second-order valence-corrected chi connectivity index (χ2v) is 8.73. The van der Waals surface area contributed by atoms with E-state index in [0.717, 1.165) is 71.0 Å². The maximum absolute atomic E-state index is 12.8. The third-order valence-corrected chi connectivity index (χ3v) is 6.76. The monoisotopic (exact) mass is 393 g/mol. The fourth-order valence-corrected chi connectivity index (χ4v) is 4.98. The Bertz CT molecular complexity index is 889. The highest BCUT2D eigenvalue weighted by Crippen LogP contribution is 2.25. The van der Waals surface area contributed by atoms with Gasteiger partial charge in [-0.15, -0.1) is 0 Å². The number of rotatable bonds is 4. The van der Waals surface area contributed by atoms with Crippen LogP contribution in [-0.2, 0) is 30.7 Å². The number of nitrogens with zero attached hydrogens (tertiary/aromatic N) is 1. The Morgan fingerprint density at radius 1 is 0.931 bits per heavy atom. The van der Waals surface area contributed by atoms with Gasteiger partial charge in [-0.2, -0.15) is 0 Å². The molecule has 2 aromatic rings.